The Morgan fingerprint density at radius 3 is 3.00 bits per heavy atom. The van der Waals surface area contributed by atoms with Crippen molar-refractivity contribution in [1.29, 1.82) is 0 Å². The van der Waals surface area contributed by atoms with E-state index in [1.807, 2.05) is 25.8 Å². The lowest BCUT2D eigenvalue weighted by Gasteiger charge is -2.28. The molecular formula is C8H16ClN5. The van der Waals surface area contributed by atoms with Gasteiger partial charge in [0, 0.05) is 12.6 Å². The quantitative estimate of drug-likeness (QED) is 0.686. The number of nitrogens with zero attached hydrogens (tertiary/aromatic N) is 3. The molecule has 14 heavy (non-hydrogen) atoms. The number of hydrogen-bond donors (Lipinski definition) is 2. The van der Waals surface area contributed by atoms with Crippen LogP contribution in [0.4, 0.5) is 0 Å². The van der Waals surface area contributed by atoms with Crippen LogP contribution in [0.5, 0.6) is 0 Å². The van der Waals surface area contributed by atoms with Gasteiger partial charge in [-0.05, 0) is 25.4 Å². The van der Waals surface area contributed by atoms with Crippen molar-refractivity contribution in [3.8, 4) is 0 Å². The summed E-state index contributed by atoms with van der Waals surface area (Å²) >= 11 is 5.76. The predicted molar refractivity (Wildman–Crippen MR) is 59.4 cm³/mol. The Morgan fingerprint density at radius 2 is 2.43 bits per heavy atom. The molecule has 1 rings (SSSR count). The first-order valence-electron chi connectivity index (χ1n) is 4.69. The molecule has 5 nitrogen and oxygen atoms in total. The van der Waals surface area contributed by atoms with E-state index in [0.29, 0.717) is 12.0 Å². The summed E-state index contributed by atoms with van der Waals surface area (Å²) in [5.74, 6) is 0.724. The molecule has 0 saturated heterocycles. The van der Waals surface area contributed by atoms with E-state index in [2.05, 4.69) is 20.7 Å². The minimum Gasteiger partial charge on any atom is -0.300 e. The van der Waals surface area contributed by atoms with E-state index in [9.17, 15) is 0 Å². The van der Waals surface area contributed by atoms with Crippen LogP contribution in [0, 0.1) is 0 Å². The van der Waals surface area contributed by atoms with Gasteiger partial charge in [-0.3, -0.25) is 5.01 Å². The molecule has 0 atom stereocenters. The maximum atomic E-state index is 5.76. The van der Waals surface area contributed by atoms with Gasteiger partial charge in [0.1, 0.15) is 6.67 Å². The molecule has 0 amide bonds. The highest BCUT2D eigenvalue weighted by Crippen LogP contribution is 1.99. The molecule has 0 fully saturated rings. The zero-order chi connectivity index (χ0) is 10.6. The van der Waals surface area contributed by atoms with Gasteiger partial charge in [0.05, 0.1) is 0 Å². The molecule has 0 aliphatic carbocycles. The molecule has 0 aromatic carbocycles. The van der Waals surface area contributed by atoms with E-state index in [1.54, 1.807) is 0 Å². The number of rotatable bonds is 3. The summed E-state index contributed by atoms with van der Waals surface area (Å²) in [7, 11) is 0. The Morgan fingerprint density at radius 1 is 1.71 bits per heavy atom. The van der Waals surface area contributed by atoms with E-state index < -0.39 is 0 Å². The third kappa shape index (κ3) is 3.16. The normalized spacial score (nSPS) is 19.9. The number of halogens is 1. The first-order valence-corrected chi connectivity index (χ1v) is 5.07. The van der Waals surface area contributed by atoms with Gasteiger partial charge < -0.3 is 5.32 Å². The molecule has 1 aliphatic rings. The van der Waals surface area contributed by atoms with E-state index in [0.717, 1.165) is 12.5 Å². The van der Waals surface area contributed by atoms with Gasteiger partial charge in [0.25, 0.3) is 0 Å². The molecular weight excluding hydrogens is 202 g/mol. The first kappa shape index (κ1) is 11.3. The summed E-state index contributed by atoms with van der Waals surface area (Å²) in [6.07, 6.45) is 0. The van der Waals surface area contributed by atoms with Crippen molar-refractivity contribution >= 4 is 22.9 Å². The largest absolute Gasteiger partial charge is 0.300 e. The molecule has 2 N–H and O–H groups in total. The molecule has 0 bridgehead atoms. The van der Waals surface area contributed by atoms with Gasteiger partial charge in [-0.2, -0.15) is 0 Å². The maximum absolute atomic E-state index is 5.76. The van der Waals surface area contributed by atoms with Crippen molar-refractivity contribution in [2.45, 2.75) is 26.8 Å². The third-order valence-electron chi connectivity index (χ3n) is 1.55. The molecule has 6 heteroatoms. The van der Waals surface area contributed by atoms with Crippen molar-refractivity contribution in [3.63, 3.8) is 0 Å². The number of hydrogen-bond acceptors (Lipinski definition) is 3. The van der Waals surface area contributed by atoms with Crippen LogP contribution in [-0.2, 0) is 0 Å². The van der Waals surface area contributed by atoms with Crippen LogP contribution in [0.2, 0.25) is 0 Å². The Bertz CT molecular complexity index is 248. The van der Waals surface area contributed by atoms with Gasteiger partial charge in [-0.1, -0.05) is 6.92 Å². The fourth-order valence-corrected chi connectivity index (χ4v) is 1.20. The predicted octanol–water partition coefficient (Wildman–Crippen LogP) is 0.733. The van der Waals surface area contributed by atoms with Crippen LogP contribution in [0.1, 0.15) is 20.8 Å². The highest BCUT2D eigenvalue weighted by Gasteiger charge is 2.16. The van der Waals surface area contributed by atoms with Gasteiger partial charge >= 0.3 is 0 Å². The smallest absolute Gasteiger partial charge is 0.217 e. The minimum absolute atomic E-state index is 0.223. The van der Waals surface area contributed by atoms with Crippen LogP contribution >= 0.6 is 11.6 Å². The molecule has 0 aromatic rings. The monoisotopic (exact) mass is 217 g/mol. The molecule has 0 spiro atoms. The van der Waals surface area contributed by atoms with E-state index in [1.165, 1.54) is 0 Å². The Balaban J connectivity index is 2.72. The van der Waals surface area contributed by atoms with Crippen molar-refractivity contribution in [2.75, 3.05) is 13.2 Å². The third-order valence-corrected chi connectivity index (χ3v) is 1.77. The van der Waals surface area contributed by atoms with Crippen molar-refractivity contribution in [3.05, 3.63) is 0 Å². The lowest BCUT2D eigenvalue weighted by atomic mass is 10.4. The van der Waals surface area contributed by atoms with Crippen molar-refractivity contribution < 1.29 is 0 Å². The van der Waals surface area contributed by atoms with Crippen molar-refractivity contribution in [1.82, 2.24) is 15.8 Å². The van der Waals surface area contributed by atoms with Gasteiger partial charge in [0.2, 0.25) is 5.96 Å². The van der Waals surface area contributed by atoms with Crippen LogP contribution in [0.15, 0.2) is 9.98 Å². The minimum atomic E-state index is 0.223. The lowest BCUT2D eigenvalue weighted by molar-refractivity contribution is 0.310. The molecule has 0 saturated carbocycles. The Labute approximate surface area is 89.2 Å². The average molecular weight is 218 g/mol. The van der Waals surface area contributed by atoms with Crippen molar-refractivity contribution in [2.24, 2.45) is 9.98 Å². The van der Waals surface area contributed by atoms with Crippen LogP contribution in [0.25, 0.3) is 0 Å². The topological polar surface area (TPSA) is 52.0 Å². The van der Waals surface area contributed by atoms with E-state index >= 15 is 0 Å². The second-order valence-corrected chi connectivity index (χ2v) is 3.56. The second-order valence-electron chi connectivity index (χ2n) is 3.20. The standard InChI is InChI=1S/C8H16ClN5/c1-4-11-14-5-10-7(9)13-8(14)12-6(2)3/h6,11H,4-5H2,1-3H3,(H,10,12,13). The number of amidine groups is 1. The summed E-state index contributed by atoms with van der Waals surface area (Å²) < 4.78 is 0. The zero-order valence-electron chi connectivity index (χ0n) is 8.71. The second kappa shape index (κ2) is 5.17. The summed E-state index contributed by atoms with van der Waals surface area (Å²) in [5.41, 5.74) is 3.13. The molecule has 80 valence electrons. The fourth-order valence-electron chi connectivity index (χ4n) is 1.06. The molecule has 1 aliphatic heterocycles. The maximum Gasteiger partial charge on any atom is 0.217 e. The van der Waals surface area contributed by atoms with Crippen LogP contribution in [-0.4, -0.2) is 35.5 Å². The highest BCUT2D eigenvalue weighted by molar-refractivity contribution is 6.66. The summed E-state index contributed by atoms with van der Waals surface area (Å²) in [6, 6.07) is 0.223. The molecule has 1 heterocycles. The average Bonchev–Trinajstić information content (AvgIpc) is 2.09. The zero-order valence-corrected chi connectivity index (χ0v) is 9.47. The molecule has 0 aromatic heterocycles. The van der Waals surface area contributed by atoms with E-state index in [-0.39, 0.29) is 6.04 Å². The summed E-state index contributed by atoms with van der Waals surface area (Å²) in [6.45, 7) is 7.36. The number of guanidine groups is 1. The Hall–Kier alpha value is -0.810. The first-order chi connectivity index (χ1) is 6.63. The molecule has 0 unspecified atom stereocenters. The van der Waals surface area contributed by atoms with Gasteiger partial charge in [-0.25, -0.2) is 15.4 Å². The van der Waals surface area contributed by atoms with Gasteiger partial charge in [-0.15, -0.1) is 0 Å². The summed E-state index contributed by atoms with van der Waals surface area (Å²) in [4.78, 5) is 8.43. The lowest BCUT2D eigenvalue weighted by Crippen LogP contribution is -2.53. The number of nitrogens with one attached hydrogen (secondary N) is 2. The van der Waals surface area contributed by atoms with Crippen LogP contribution in [0.3, 0.4) is 0 Å². The van der Waals surface area contributed by atoms with E-state index in [4.69, 9.17) is 11.6 Å². The van der Waals surface area contributed by atoms with Gasteiger partial charge in [0.15, 0.2) is 5.29 Å². The van der Waals surface area contributed by atoms with Crippen LogP contribution < -0.4 is 10.7 Å². The summed E-state index contributed by atoms with van der Waals surface area (Å²) in [5, 5.41) is 5.14. The molecule has 0 radical (unpaired) electrons. The number of aliphatic imine (C=N–C) groups is 2. The SMILES string of the molecule is CCNN1CN=C(Cl)NC1=NC(C)C. The Kier molecular flexibility index (Phi) is 4.16. The highest BCUT2D eigenvalue weighted by atomic mass is 35.5. The fraction of sp³-hybridized carbons (Fsp3) is 0.750. The number of hydrazine groups is 1.